The first-order chi connectivity index (χ1) is 14.9. The number of carbonyl (C=O) groups is 1. The molecule has 1 aliphatic carbocycles. The first-order valence-corrected chi connectivity index (χ1v) is 10.0. The first kappa shape index (κ1) is 20.8. The summed E-state index contributed by atoms with van der Waals surface area (Å²) in [6.07, 6.45) is 2.57. The summed E-state index contributed by atoms with van der Waals surface area (Å²) in [6, 6.07) is 14.9. The van der Waals surface area contributed by atoms with Crippen molar-refractivity contribution in [1.29, 1.82) is 0 Å². The molecule has 1 saturated carbocycles. The van der Waals surface area contributed by atoms with Crippen LogP contribution in [0.3, 0.4) is 0 Å². The van der Waals surface area contributed by atoms with Crippen LogP contribution in [0.4, 0.5) is 21.6 Å². The number of nitrogens with two attached hydrogens (primary N) is 2. The minimum absolute atomic E-state index is 0.00770. The quantitative estimate of drug-likeness (QED) is 0.335. The summed E-state index contributed by atoms with van der Waals surface area (Å²) in [6.45, 7) is 2.00. The Morgan fingerprint density at radius 2 is 1.90 bits per heavy atom. The molecule has 1 amide bonds. The molecular formula is C23H24FN5O2. The van der Waals surface area contributed by atoms with E-state index in [0.29, 0.717) is 34.6 Å². The van der Waals surface area contributed by atoms with Gasteiger partial charge in [-0.2, -0.15) is 0 Å². The van der Waals surface area contributed by atoms with Gasteiger partial charge in [-0.25, -0.2) is 15.2 Å². The summed E-state index contributed by atoms with van der Waals surface area (Å²) < 4.78 is 20.3. The van der Waals surface area contributed by atoms with E-state index < -0.39 is 11.7 Å². The minimum atomic E-state index is -0.628. The number of halogens is 1. The monoisotopic (exact) mass is 421 g/mol. The lowest BCUT2D eigenvalue weighted by Crippen LogP contribution is -2.14. The zero-order valence-corrected chi connectivity index (χ0v) is 17.1. The van der Waals surface area contributed by atoms with Crippen molar-refractivity contribution in [3.8, 4) is 11.3 Å². The second-order valence-electron chi connectivity index (χ2n) is 7.53. The third-order valence-corrected chi connectivity index (χ3v) is 5.13. The summed E-state index contributed by atoms with van der Waals surface area (Å²) in [5, 5.41) is 2.74. The smallest absolute Gasteiger partial charge is 0.258 e. The van der Waals surface area contributed by atoms with Crippen LogP contribution in [-0.4, -0.2) is 17.0 Å². The standard InChI is InChI=1S/C23H24FN5O2/c1-13(31-17-7-8-17)14-2-5-16(6-3-14)27-23(30)18-12-15(4-9-19(18)24)21-11-10-20(25)22(28-21)29-26/h2-6,9-13,17H,7-8,25-26H2,1H3,(H,27,30)(H,28,29). The maximum atomic E-state index is 14.4. The number of amides is 1. The Balaban J connectivity index is 1.51. The van der Waals surface area contributed by atoms with Gasteiger partial charge in [-0.15, -0.1) is 0 Å². The van der Waals surface area contributed by atoms with Crippen molar-refractivity contribution >= 4 is 23.1 Å². The molecular weight excluding hydrogens is 397 g/mol. The lowest BCUT2D eigenvalue weighted by Gasteiger charge is -2.14. The van der Waals surface area contributed by atoms with Crippen LogP contribution < -0.4 is 22.3 Å². The molecule has 1 aliphatic rings. The molecule has 0 saturated heterocycles. The van der Waals surface area contributed by atoms with Gasteiger partial charge < -0.3 is 21.2 Å². The van der Waals surface area contributed by atoms with Gasteiger partial charge in [0.15, 0.2) is 5.82 Å². The van der Waals surface area contributed by atoms with Crippen LogP contribution in [0.5, 0.6) is 0 Å². The first-order valence-electron chi connectivity index (χ1n) is 10.0. The van der Waals surface area contributed by atoms with Crippen molar-refractivity contribution in [2.75, 3.05) is 16.5 Å². The SMILES string of the molecule is CC(OC1CC1)c1ccc(NC(=O)c2cc(-c3ccc(N)c(NN)n3)ccc2F)cc1. The largest absolute Gasteiger partial charge is 0.396 e. The summed E-state index contributed by atoms with van der Waals surface area (Å²) in [7, 11) is 0. The Morgan fingerprint density at radius 3 is 2.58 bits per heavy atom. The Labute approximate surface area is 179 Å². The van der Waals surface area contributed by atoms with Gasteiger partial charge in [-0.3, -0.25) is 4.79 Å². The van der Waals surface area contributed by atoms with Crippen molar-refractivity contribution in [2.24, 2.45) is 5.84 Å². The highest BCUT2D eigenvalue weighted by molar-refractivity contribution is 6.05. The number of nitrogens with zero attached hydrogens (tertiary/aromatic N) is 1. The fourth-order valence-corrected chi connectivity index (χ4v) is 3.21. The van der Waals surface area contributed by atoms with E-state index >= 15 is 0 Å². The molecule has 1 unspecified atom stereocenters. The Morgan fingerprint density at radius 1 is 1.16 bits per heavy atom. The van der Waals surface area contributed by atoms with Gasteiger partial charge in [-0.1, -0.05) is 12.1 Å². The fourth-order valence-electron chi connectivity index (χ4n) is 3.21. The Kier molecular flexibility index (Phi) is 5.83. The number of anilines is 3. The number of nitrogen functional groups attached to an aromatic ring is 2. The van der Waals surface area contributed by atoms with Crippen molar-refractivity contribution in [1.82, 2.24) is 4.98 Å². The second kappa shape index (κ2) is 8.71. The minimum Gasteiger partial charge on any atom is -0.396 e. The molecule has 2 aromatic carbocycles. The molecule has 31 heavy (non-hydrogen) atoms. The van der Waals surface area contributed by atoms with Crippen LogP contribution in [0.2, 0.25) is 0 Å². The molecule has 1 aromatic heterocycles. The molecule has 1 atom stereocenters. The number of rotatable bonds is 7. The molecule has 0 spiro atoms. The highest BCUT2D eigenvalue weighted by Crippen LogP contribution is 2.31. The summed E-state index contributed by atoms with van der Waals surface area (Å²) in [4.78, 5) is 17.0. The number of aromatic nitrogens is 1. The molecule has 1 fully saturated rings. The molecule has 160 valence electrons. The van der Waals surface area contributed by atoms with E-state index in [4.69, 9.17) is 16.3 Å². The second-order valence-corrected chi connectivity index (χ2v) is 7.53. The number of pyridine rings is 1. The van der Waals surface area contributed by atoms with Gasteiger partial charge in [0.25, 0.3) is 5.91 Å². The number of benzene rings is 2. The van der Waals surface area contributed by atoms with Crippen LogP contribution in [0.25, 0.3) is 11.3 Å². The van der Waals surface area contributed by atoms with E-state index in [1.807, 2.05) is 19.1 Å². The Bertz CT molecular complexity index is 1100. The Hall–Kier alpha value is -3.49. The van der Waals surface area contributed by atoms with Crippen LogP contribution >= 0.6 is 0 Å². The van der Waals surface area contributed by atoms with E-state index in [0.717, 1.165) is 18.4 Å². The van der Waals surface area contributed by atoms with Gasteiger partial charge in [-0.05, 0) is 67.8 Å². The molecule has 7 nitrogen and oxygen atoms in total. The van der Waals surface area contributed by atoms with Gasteiger partial charge in [0.1, 0.15) is 5.82 Å². The van der Waals surface area contributed by atoms with E-state index in [2.05, 4.69) is 15.7 Å². The van der Waals surface area contributed by atoms with Crippen LogP contribution in [0, 0.1) is 5.82 Å². The lowest BCUT2D eigenvalue weighted by atomic mass is 10.1. The van der Waals surface area contributed by atoms with E-state index in [-0.39, 0.29) is 11.7 Å². The number of hydrazine groups is 1. The van der Waals surface area contributed by atoms with Gasteiger partial charge >= 0.3 is 0 Å². The number of ether oxygens (including phenoxy) is 1. The van der Waals surface area contributed by atoms with Crippen molar-refractivity contribution in [2.45, 2.75) is 32.0 Å². The summed E-state index contributed by atoms with van der Waals surface area (Å²) in [5.41, 5.74) is 11.1. The van der Waals surface area contributed by atoms with E-state index in [1.54, 1.807) is 30.3 Å². The molecule has 0 aliphatic heterocycles. The predicted molar refractivity (Wildman–Crippen MR) is 119 cm³/mol. The van der Waals surface area contributed by atoms with E-state index in [9.17, 15) is 9.18 Å². The molecule has 6 N–H and O–H groups in total. The van der Waals surface area contributed by atoms with E-state index in [1.165, 1.54) is 12.1 Å². The average Bonchev–Trinajstić information content (AvgIpc) is 3.59. The third-order valence-electron chi connectivity index (χ3n) is 5.13. The number of hydrogen-bond donors (Lipinski definition) is 4. The molecule has 1 heterocycles. The van der Waals surface area contributed by atoms with Crippen molar-refractivity contribution < 1.29 is 13.9 Å². The molecule has 3 aromatic rings. The van der Waals surface area contributed by atoms with Crippen LogP contribution in [0.15, 0.2) is 54.6 Å². The molecule has 0 bridgehead atoms. The van der Waals surface area contributed by atoms with Crippen molar-refractivity contribution in [3.63, 3.8) is 0 Å². The van der Waals surface area contributed by atoms with Crippen LogP contribution in [-0.2, 0) is 4.74 Å². The molecule has 8 heteroatoms. The van der Waals surface area contributed by atoms with Gasteiger partial charge in [0.2, 0.25) is 0 Å². The third kappa shape index (κ3) is 4.82. The highest BCUT2D eigenvalue weighted by atomic mass is 19.1. The maximum absolute atomic E-state index is 14.4. The molecule has 0 radical (unpaired) electrons. The molecule has 4 rings (SSSR count). The summed E-state index contributed by atoms with van der Waals surface area (Å²) in [5.74, 6) is 4.53. The normalized spacial score (nSPS) is 14.2. The zero-order valence-electron chi connectivity index (χ0n) is 17.1. The highest BCUT2D eigenvalue weighted by Gasteiger charge is 2.25. The van der Waals surface area contributed by atoms with Crippen molar-refractivity contribution in [3.05, 3.63) is 71.5 Å². The zero-order chi connectivity index (χ0) is 22.0. The van der Waals surface area contributed by atoms with Gasteiger partial charge in [0.05, 0.1) is 29.2 Å². The number of hydrogen-bond acceptors (Lipinski definition) is 6. The maximum Gasteiger partial charge on any atom is 0.258 e. The predicted octanol–water partition coefficient (Wildman–Crippen LogP) is 4.25. The fraction of sp³-hybridized carbons (Fsp3) is 0.217. The number of carbonyl (C=O) groups excluding carboxylic acids is 1. The number of nitrogens with one attached hydrogen (secondary N) is 2. The topological polar surface area (TPSA) is 115 Å². The lowest BCUT2D eigenvalue weighted by molar-refractivity contribution is 0.0519. The average molecular weight is 421 g/mol. The van der Waals surface area contributed by atoms with Crippen LogP contribution in [0.1, 0.15) is 41.8 Å². The summed E-state index contributed by atoms with van der Waals surface area (Å²) >= 11 is 0. The van der Waals surface area contributed by atoms with Gasteiger partial charge in [0, 0.05) is 11.3 Å².